The van der Waals surface area contributed by atoms with Crippen LogP contribution in [-0.4, -0.2) is 33.4 Å². The van der Waals surface area contributed by atoms with Crippen LogP contribution in [-0.2, 0) is 4.79 Å². The normalized spacial score (nSPS) is 26.6. The number of nitrogens with two attached hydrogens (primary N) is 1. The summed E-state index contributed by atoms with van der Waals surface area (Å²) in [5, 5.41) is 12.0. The van der Waals surface area contributed by atoms with Gasteiger partial charge in [0.15, 0.2) is 0 Å². The molecular weight excluding hydrogens is 276 g/mol. The van der Waals surface area contributed by atoms with E-state index in [1.165, 1.54) is 0 Å². The molecular formula is C13H22N4O2S. The summed E-state index contributed by atoms with van der Waals surface area (Å²) in [4.78, 5) is 11.9. The van der Waals surface area contributed by atoms with E-state index < -0.39 is 5.54 Å². The molecule has 2 atom stereocenters. The van der Waals surface area contributed by atoms with Crippen LogP contribution in [0.5, 0.6) is 0 Å². The van der Waals surface area contributed by atoms with Gasteiger partial charge in [0, 0.05) is 12.2 Å². The molecule has 3 N–H and O–H groups in total. The van der Waals surface area contributed by atoms with E-state index in [9.17, 15) is 4.79 Å². The highest BCUT2D eigenvalue weighted by Crippen LogP contribution is 2.37. The minimum atomic E-state index is -0.582. The minimum Gasteiger partial charge on any atom is -0.416 e. The maximum Gasteiger partial charge on any atom is 0.276 e. The van der Waals surface area contributed by atoms with E-state index in [0.29, 0.717) is 17.5 Å². The number of aryl methyl sites for hydroxylation is 1. The molecule has 1 aromatic heterocycles. The molecule has 0 spiro atoms. The number of primary amides is 1. The molecule has 0 aliphatic heterocycles. The minimum absolute atomic E-state index is 0.252. The van der Waals surface area contributed by atoms with Crippen LogP contribution in [0.15, 0.2) is 9.64 Å². The van der Waals surface area contributed by atoms with Crippen molar-refractivity contribution in [2.75, 3.05) is 6.54 Å². The lowest BCUT2D eigenvalue weighted by molar-refractivity contribution is -0.125. The third-order valence-corrected chi connectivity index (χ3v) is 4.77. The number of nitrogens with one attached hydrogen (secondary N) is 1. The molecule has 112 valence electrons. The standard InChI is InChI=1S/C13H22N4O2S/c1-3-7-15-13(11(14)18)6-4-5-10(8-13)20-12-17-16-9(2)19-12/h10,15H,3-8H2,1-2H3,(H2,14,18). The third kappa shape index (κ3) is 3.52. The Hall–Kier alpha value is -1.08. The lowest BCUT2D eigenvalue weighted by Crippen LogP contribution is -2.58. The van der Waals surface area contributed by atoms with Crippen molar-refractivity contribution in [3.63, 3.8) is 0 Å². The molecule has 1 aliphatic rings. The largest absolute Gasteiger partial charge is 0.416 e. The summed E-state index contributed by atoms with van der Waals surface area (Å²) in [5.41, 5.74) is 5.06. The Bertz CT molecular complexity index is 465. The summed E-state index contributed by atoms with van der Waals surface area (Å²) in [6.07, 6.45) is 4.52. The summed E-state index contributed by atoms with van der Waals surface area (Å²) in [6.45, 7) is 4.66. The van der Waals surface area contributed by atoms with Crippen molar-refractivity contribution in [2.24, 2.45) is 5.73 Å². The molecule has 1 saturated carbocycles. The summed E-state index contributed by atoms with van der Waals surface area (Å²) in [6, 6.07) is 0. The van der Waals surface area contributed by atoms with Crippen LogP contribution in [0.4, 0.5) is 0 Å². The van der Waals surface area contributed by atoms with E-state index in [0.717, 1.165) is 32.2 Å². The first-order valence-corrected chi connectivity index (χ1v) is 7.95. The van der Waals surface area contributed by atoms with E-state index in [1.807, 2.05) is 0 Å². The highest BCUT2D eigenvalue weighted by atomic mass is 32.2. The molecule has 1 amide bonds. The number of aromatic nitrogens is 2. The second-order valence-corrected chi connectivity index (χ2v) is 6.55. The zero-order valence-corrected chi connectivity index (χ0v) is 12.8. The first-order chi connectivity index (χ1) is 9.55. The smallest absolute Gasteiger partial charge is 0.276 e. The highest BCUT2D eigenvalue weighted by Gasteiger charge is 2.41. The fourth-order valence-corrected chi connectivity index (χ4v) is 3.82. The van der Waals surface area contributed by atoms with Gasteiger partial charge in [-0.15, -0.1) is 10.2 Å². The first kappa shape index (κ1) is 15.3. The van der Waals surface area contributed by atoms with Gasteiger partial charge in [-0.25, -0.2) is 0 Å². The molecule has 1 heterocycles. The molecule has 0 bridgehead atoms. The molecule has 1 aromatic rings. The van der Waals surface area contributed by atoms with Crippen LogP contribution < -0.4 is 11.1 Å². The summed E-state index contributed by atoms with van der Waals surface area (Å²) < 4.78 is 5.40. The van der Waals surface area contributed by atoms with Crippen molar-refractivity contribution in [3.05, 3.63) is 5.89 Å². The predicted octanol–water partition coefficient (Wildman–Crippen LogP) is 1.64. The number of thioether (sulfide) groups is 1. The Morgan fingerprint density at radius 1 is 1.60 bits per heavy atom. The summed E-state index contributed by atoms with van der Waals surface area (Å²) >= 11 is 1.55. The van der Waals surface area contributed by atoms with Crippen molar-refractivity contribution in [2.45, 2.75) is 62.0 Å². The number of amides is 1. The monoisotopic (exact) mass is 298 g/mol. The van der Waals surface area contributed by atoms with Gasteiger partial charge in [0.1, 0.15) is 0 Å². The zero-order valence-electron chi connectivity index (χ0n) is 12.0. The molecule has 20 heavy (non-hydrogen) atoms. The van der Waals surface area contributed by atoms with Gasteiger partial charge in [0.25, 0.3) is 5.22 Å². The van der Waals surface area contributed by atoms with E-state index in [1.54, 1.807) is 18.7 Å². The number of carbonyl (C=O) groups is 1. The first-order valence-electron chi connectivity index (χ1n) is 7.07. The summed E-state index contributed by atoms with van der Waals surface area (Å²) in [7, 11) is 0. The van der Waals surface area contributed by atoms with Gasteiger partial charge >= 0.3 is 0 Å². The van der Waals surface area contributed by atoms with E-state index in [4.69, 9.17) is 10.2 Å². The van der Waals surface area contributed by atoms with Gasteiger partial charge in [0.2, 0.25) is 11.8 Å². The molecule has 2 rings (SSSR count). The van der Waals surface area contributed by atoms with Crippen LogP contribution in [0.25, 0.3) is 0 Å². The molecule has 0 saturated heterocycles. The average molecular weight is 298 g/mol. The second kappa shape index (κ2) is 6.58. The zero-order chi connectivity index (χ0) is 14.6. The van der Waals surface area contributed by atoms with E-state index >= 15 is 0 Å². The molecule has 0 aromatic carbocycles. The molecule has 1 fully saturated rings. The van der Waals surface area contributed by atoms with E-state index in [-0.39, 0.29) is 11.2 Å². The van der Waals surface area contributed by atoms with Crippen LogP contribution in [0.2, 0.25) is 0 Å². The van der Waals surface area contributed by atoms with Crippen molar-refractivity contribution >= 4 is 17.7 Å². The maximum atomic E-state index is 11.9. The lowest BCUT2D eigenvalue weighted by Gasteiger charge is -2.38. The van der Waals surface area contributed by atoms with Crippen LogP contribution in [0.3, 0.4) is 0 Å². The topological polar surface area (TPSA) is 94.0 Å². The Morgan fingerprint density at radius 2 is 2.40 bits per heavy atom. The quantitative estimate of drug-likeness (QED) is 0.829. The van der Waals surface area contributed by atoms with Gasteiger partial charge in [-0.3, -0.25) is 4.79 Å². The summed E-state index contributed by atoms with van der Waals surface area (Å²) in [5.74, 6) is 0.312. The van der Waals surface area contributed by atoms with Crippen LogP contribution in [0, 0.1) is 6.92 Å². The number of carbonyl (C=O) groups excluding carboxylic acids is 1. The number of hydrogen-bond acceptors (Lipinski definition) is 6. The van der Waals surface area contributed by atoms with Crippen molar-refractivity contribution < 1.29 is 9.21 Å². The Kier molecular flexibility index (Phi) is 5.04. The van der Waals surface area contributed by atoms with Crippen LogP contribution in [0.1, 0.15) is 44.9 Å². The lowest BCUT2D eigenvalue weighted by atomic mass is 9.80. The molecule has 6 nitrogen and oxygen atoms in total. The fraction of sp³-hybridized carbons (Fsp3) is 0.769. The number of nitrogens with zero attached hydrogens (tertiary/aromatic N) is 2. The van der Waals surface area contributed by atoms with Gasteiger partial charge in [0.05, 0.1) is 5.54 Å². The van der Waals surface area contributed by atoms with E-state index in [2.05, 4.69) is 22.4 Å². The van der Waals surface area contributed by atoms with Crippen molar-refractivity contribution in [1.29, 1.82) is 0 Å². The van der Waals surface area contributed by atoms with Gasteiger partial charge in [-0.1, -0.05) is 18.7 Å². The number of rotatable bonds is 6. The number of hydrogen-bond donors (Lipinski definition) is 2. The van der Waals surface area contributed by atoms with Crippen molar-refractivity contribution in [3.8, 4) is 0 Å². The fourth-order valence-electron chi connectivity index (χ4n) is 2.63. The van der Waals surface area contributed by atoms with Gasteiger partial charge in [-0.05, 0) is 38.6 Å². The molecule has 2 unspecified atom stereocenters. The second-order valence-electron chi connectivity index (χ2n) is 5.30. The SMILES string of the molecule is CCCNC1(C(N)=O)CCCC(Sc2nnc(C)o2)C1. The van der Waals surface area contributed by atoms with Gasteiger partial charge in [-0.2, -0.15) is 0 Å². The van der Waals surface area contributed by atoms with Crippen LogP contribution >= 0.6 is 11.8 Å². The Labute approximate surface area is 123 Å². The predicted molar refractivity (Wildman–Crippen MR) is 77.4 cm³/mol. The van der Waals surface area contributed by atoms with Crippen molar-refractivity contribution in [1.82, 2.24) is 15.5 Å². The Balaban J connectivity index is 2.03. The molecule has 1 aliphatic carbocycles. The maximum absolute atomic E-state index is 11.9. The molecule has 0 radical (unpaired) electrons. The Morgan fingerprint density at radius 3 is 3.00 bits per heavy atom. The highest BCUT2D eigenvalue weighted by molar-refractivity contribution is 7.99. The molecule has 7 heteroatoms. The van der Waals surface area contributed by atoms with Gasteiger partial charge < -0.3 is 15.5 Å². The third-order valence-electron chi connectivity index (χ3n) is 3.67. The average Bonchev–Trinajstić information content (AvgIpc) is 2.82.